The number of hydrogen-bond donors (Lipinski definition) is 4. The van der Waals surface area contributed by atoms with E-state index in [-0.39, 0.29) is 6.61 Å². The maximum Gasteiger partial charge on any atom is 0.249 e. The lowest BCUT2D eigenvalue weighted by Gasteiger charge is -2.21. The molecule has 1 amide bonds. The summed E-state index contributed by atoms with van der Waals surface area (Å²) in [6, 6.07) is -0.822. The van der Waals surface area contributed by atoms with Crippen molar-refractivity contribution in [3.8, 4) is 0 Å². The van der Waals surface area contributed by atoms with E-state index in [9.17, 15) is 20.1 Å². The molecule has 4 N–H and O–H groups in total. The summed E-state index contributed by atoms with van der Waals surface area (Å²) in [6.45, 7) is 4.19. The molecule has 0 aliphatic rings. The number of allylic oxidation sites excluding steroid dienone is 7. The van der Waals surface area contributed by atoms with E-state index < -0.39 is 24.2 Å². The number of hydrogen-bond acceptors (Lipinski definition) is 4. The minimum Gasteiger partial charge on any atom is -0.394 e. The fourth-order valence-electron chi connectivity index (χ4n) is 9.22. The highest BCUT2D eigenvalue weighted by Crippen LogP contribution is 2.17. The number of carbonyl (C=O) groups is 1. The molecular weight excluding hydrogens is 823 g/mol. The molecule has 0 bridgehead atoms. The largest absolute Gasteiger partial charge is 0.394 e. The predicted octanol–water partition coefficient (Wildman–Crippen LogP) is 18.8. The zero-order chi connectivity index (χ0) is 48.6. The topological polar surface area (TPSA) is 89.8 Å². The van der Waals surface area contributed by atoms with Crippen LogP contribution in [0.4, 0.5) is 0 Å². The van der Waals surface area contributed by atoms with E-state index in [1.54, 1.807) is 6.08 Å². The van der Waals surface area contributed by atoms with Crippen LogP contribution in [-0.2, 0) is 4.79 Å². The number of unbranched alkanes of at least 4 members (excludes halogenated alkanes) is 41. The van der Waals surface area contributed by atoms with Crippen LogP contribution in [0.2, 0.25) is 0 Å². The molecule has 0 aromatic carbocycles. The summed E-state index contributed by atoms with van der Waals surface area (Å²) < 4.78 is 0. The number of carbonyl (C=O) groups excluding carboxylic acids is 1. The first-order chi connectivity index (χ1) is 33.1. The van der Waals surface area contributed by atoms with Gasteiger partial charge < -0.3 is 20.6 Å². The summed E-state index contributed by atoms with van der Waals surface area (Å²) >= 11 is 0. The summed E-state index contributed by atoms with van der Waals surface area (Å²) in [6.07, 6.45) is 76.4. The molecule has 394 valence electrons. The second kappa shape index (κ2) is 56.9. The molecular formula is C62H117NO4. The van der Waals surface area contributed by atoms with Gasteiger partial charge in [-0.25, -0.2) is 0 Å². The molecule has 5 nitrogen and oxygen atoms in total. The van der Waals surface area contributed by atoms with Crippen molar-refractivity contribution < 1.29 is 20.1 Å². The van der Waals surface area contributed by atoms with Crippen molar-refractivity contribution in [1.29, 1.82) is 0 Å². The molecule has 0 heterocycles. The van der Waals surface area contributed by atoms with Gasteiger partial charge in [0, 0.05) is 0 Å². The Balaban J connectivity index is 3.55. The van der Waals surface area contributed by atoms with E-state index in [0.717, 1.165) is 44.9 Å². The number of nitrogens with one attached hydrogen (secondary N) is 1. The van der Waals surface area contributed by atoms with E-state index in [2.05, 4.69) is 55.6 Å². The number of amides is 1. The highest BCUT2D eigenvalue weighted by atomic mass is 16.3. The average Bonchev–Trinajstić information content (AvgIpc) is 3.33. The first-order valence-electron chi connectivity index (χ1n) is 30.0. The van der Waals surface area contributed by atoms with Crippen LogP contribution < -0.4 is 5.32 Å². The summed E-state index contributed by atoms with van der Waals surface area (Å²) in [4.78, 5) is 12.6. The van der Waals surface area contributed by atoms with E-state index in [1.165, 1.54) is 250 Å². The second-order valence-electron chi connectivity index (χ2n) is 20.5. The third-order valence-electron chi connectivity index (χ3n) is 13.9. The van der Waals surface area contributed by atoms with Gasteiger partial charge in [0.05, 0.1) is 18.8 Å². The first kappa shape index (κ1) is 65.3. The van der Waals surface area contributed by atoms with Crippen LogP contribution in [0.25, 0.3) is 0 Å². The second-order valence-corrected chi connectivity index (χ2v) is 20.5. The lowest BCUT2D eigenvalue weighted by atomic mass is 10.0. The summed E-state index contributed by atoms with van der Waals surface area (Å²) in [5.41, 5.74) is 0. The molecule has 0 radical (unpaired) electrons. The maximum absolute atomic E-state index is 12.6. The van der Waals surface area contributed by atoms with Gasteiger partial charge in [-0.2, -0.15) is 0 Å². The quantitative estimate of drug-likeness (QED) is 0.0361. The van der Waals surface area contributed by atoms with Crippen molar-refractivity contribution >= 4 is 5.91 Å². The van der Waals surface area contributed by atoms with Crippen molar-refractivity contribution in [3.63, 3.8) is 0 Å². The van der Waals surface area contributed by atoms with Gasteiger partial charge in [-0.1, -0.05) is 294 Å². The van der Waals surface area contributed by atoms with Crippen LogP contribution in [0, 0.1) is 0 Å². The fraction of sp³-hybridized carbons (Fsp3) is 0.855. The lowest BCUT2D eigenvalue weighted by molar-refractivity contribution is -0.131. The standard InChI is InChI=1S/C62H117NO4/c1-3-5-7-9-11-13-15-17-19-21-23-24-25-26-27-28-29-30-31-32-33-34-35-36-37-39-41-43-45-47-49-51-53-55-57-61(66)62(67)63-59(58-64)60(65)56-54-52-50-48-46-44-42-40-38-22-20-18-16-14-12-10-8-6-4-2/h28-29,38,40,46,48,54,56,59-61,64-66H,3-27,30-37,39,41-45,47,49-53,55,57-58H2,1-2H3,(H,63,67)/b29-28-,40-38+,48-46+,56-54+. The molecule has 3 atom stereocenters. The van der Waals surface area contributed by atoms with Crippen LogP contribution in [0.3, 0.4) is 0 Å². The number of rotatable bonds is 55. The molecule has 0 aliphatic heterocycles. The van der Waals surface area contributed by atoms with Crippen molar-refractivity contribution in [2.75, 3.05) is 6.61 Å². The third-order valence-corrected chi connectivity index (χ3v) is 13.9. The average molecular weight is 941 g/mol. The van der Waals surface area contributed by atoms with Gasteiger partial charge in [0.15, 0.2) is 0 Å². The molecule has 67 heavy (non-hydrogen) atoms. The van der Waals surface area contributed by atoms with E-state index in [0.29, 0.717) is 6.42 Å². The Kier molecular flexibility index (Phi) is 55.5. The zero-order valence-corrected chi connectivity index (χ0v) is 45.0. The van der Waals surface area contributed by atoms with Crippen LogP contribution >= 0.6 is 0 Å². The molecule has 0 spiro atoms. The van der Waals surface area contributed by atoms with Crippen LogP contribution in [0.5, 0.6) is 0 Å². The molecule has 0 aromatic heterocycles. The Bertz CT molecular complexity index is 1080. The Morgan fingerprint density at radius 3 is 0.910 bits per heavy atom. The molecule has 0 aliphatic carbocycles. The highest BCUT2D eigenvalue weighted by molar-refractivity contribution is 5.80. The Hall–Kier alpha value is -1.69. The fourth-order valence-corrected chi connectivity index (χ4v) is 9.22. The van der Waals surface area contributed by atoms with Gasteiger partial charge >= 0.3 is 0 Å². The monoisotopic (exact) mass is 940 g/mol. The van der Waals surface area contributed by atoms with Gasteiger partial charge in [0.2, 0.25) is 5.91 Å². The maximum atomic E-state index is 12.6. The minimum atomic E-state index is -1.11. The highest BCUT2D eigenvalue weighted by Gasteiger charge is 2.22. The zero-order valence-electron chi connectivity index (χ0n) is 45.0. The van der Waals surface area contributed by atoms with Gasteiger partial charge in [0.25, 0.3) is 0 Å². The van der Waals surface area contributed by atoms with E-state index in [1.807, 2.05) is 6.08 Å². The Morgan fingerprint density at radius 1 is 0.358 bits per heavy atom. The normalized spacial score (nSPS) is 13.6. The van der Waals surface area contributed by atoms with Gasteiger partial charge in [0.1, 0.15) is 6.10 Å². The number of aliphatic hydroxyl groups excluding tert-OH is 3. The number of aliphatic hydroxyl groups is 3. The molecule has 5 heteroatoms. The first-order valence-corrected chi connectivity index (χ1v) is 30.0. The van der Waals surface area contributed by atoms with E-state index in [4.69, 9.17) is 0 Å². The minimum absolute atomic E-state index is 0.380. The van der Waals surface area contributed by atoms with Crippen molar-refractivity contribution in [2.24, 2.45) is 0 Å². The summed E-state index contributed by atoms with van der Waals surface area (Å²) in [5.74, 6) is -0.514. The molecule has 3 unspecified atom stereocenters. The van der Waals surface area contributed by atoms with E-state index >= 15 is 0 Å². The molecule has 0 rings (SSSR count). The smallest absolute Gasteiger partial charge is 0.249 e. The molecule has 0 saturated carbocycles. The lowest BCUT2D eigenvalue weighted by Crippen LogP contribution is -2.48. The third kappa shape index (κ3) is 52.0. The Labute approximate surface area is 418 Å². The van der Waals surface area contributed by atoms with Crippen molar-refractivity contribution in [1.82, 2.24) is 5.32 Å². The van der Waals surface area contributed by atoms with Gasteiger partial charge in [-0.15, -0.1) is 0 Å². The van der Waals surface area contributed by atoms with Gasteiger partial charge in [-0.3, -0.25) is 4.79 Å². The molecule has 0 saturated heterocycles. The molecule has 0 fully saturated rings. The molecule has 0 aromatic rings. The summed E-state index contributed by atoms with van der Waals surface area (Å²) in [7, 11) is 0. The van der Waals surface area contributed by atoms with Crippen LogP contribution in [-0.4, -0.2) is 46.1 Å². The summed E-state index contributed by atoms with van der Waals surface area (Å²) in [5, 5.41) is 33.3. The predicted molar refractivity (Wildman–Crippen MR) is 296 cm³/mol. The Morgan fingerprint density at radius 2 is 0.612 bits per heavy atom. The van der Waals surface area contributed by atoms with Crippen molar-refractivity contribution in [3.05, 3.63) is 48.6 Å². The SMILES string of the molecule is CCCCCCCCCCC/C=C/CC/C=C/CC/C=C/C(O)C(CO)NC(=O)C(O)CCCCCCCCCCCCCCCCCC/C=C\CCCCCCCCCCCCCCCC. The van der Waals surface area contributed by atoms with Crippen LogP contribution in [0.1, 0.15) is 316 Å². The van der Waals surface area contributed by atoms with Crippen LogP contribution in [0.15, 0.2) is 48.6 Å². The van der Waals surface area contributed by atoms with Gasteiger partial charge in [-0.05, 0) is 70.6 Å². The van der Waals surface area contributed by atoms with Crippen molar-refractivity contribution in [2.45, 2.75) is 334 Å².